The van der Waals surface area contributed by atoms with E-state index in [2.05, 4.69) is 0 Å². The third-order valence-electron chi connectivity index (χ3n) is 3.99. The van der Waals surface area contributed by atoms with E-state index in [1.54, 1.807) is 18.2 Å². The Kier molecular flexibility index (Phi) is 7.32. The maximum absolute atomic E-state index is 12.5. The molecule has 0 spiro atoms. The van der Waals surface area contributed by atoms with Crippen molar-refractivity contribution in [2.45, 2.75) is 35.6 Å². The van der Waals surface area contributed by atoms with Gasteiger partial charge in [-0.25, -0.2) is 4.18 Å². The molecular formula is C16H24O8S. The van der Waals surface area contributed by atoms with Gasteiger partial charge in [-0.2, -0.15) is 8.42 Å². The SMILES string of the molecule is COC[C@H]1O[C@H](OS(=O)(=O)c2ccccc2)[C@@H](OC)[C@@H](OC)[C@@H]1OC. The van der Waals surface area contributed by atoms with E-state index in [4.69, 9.17) is 27.9 Å². The number of hydrogen-bond donors (Lipinski definition) is 0. The van der Waals surface area contributed by atoms with Gasteiger partial charge in [-0.15, -0.1) is 0 Å². The highest BCUT2D eigenvalue weighted by Gasteiger charge is 2.49. The Hall–Kier alpha value is -1.07. The molecule has 0 N–H and O–H groups in total. The van der Waals surface area contributed by atoms with Crippen molar-refractivity contribution in [1.29, 1.82) is 0 Å². The van der Waals surface area contributed by atoms with E-state index in [9.17, 15) is 8.42 Å². The van der Waals surface area contributed by atoms with E-state index in [0.717, 1.165) is 0 Å². The topological polar surface area (TPSA) is 89.5 Å². The summed E-state index contributed by atoms with van der Waals surface area (Å²) >= 11 is 0. The Balaban J connectivity index is 2.28. The number of hydrogen-bond acceptors (Lipinski definition) is 8. The van der Waals surface area contributed by atoms with E-state index in [0.29, 0.717) is 0 Å². The lowest BCUT2D eigenvalue weighted by atomic mass is 9.98. The predicted molar refractivity (Wildman–Crippen MR) is 87.6 cm³/mol. The van der Waals surface area contributed by atoms with Crippen molar-refractivity contribution < 1.29 is 36.3 Å². The maximum atomic E-state index is 12.5. The van der Waals surface area contributed by atoms with Crippen LogP contribution in [0.5, 0.6) is 0 Å². The zero-order chi connectivity index (χ0) is 18.4. The van der Waals surface area contributed by atoms with Crippen molar-refractivity contribution in [2.24, 2.45) is 0 Å². The molecule has 25 heavy (non-hydrogen) atoms. The average molecular weight is 376 g/mol. The maximum Gasteiger partial charge on any atom is 0.299 e. The van der Waals surface area contributed by atoms with Crippen molar-refractivity contribution in [3.05, 3.63) is 30.3 Å². The second-order valence-corrected chi connectivity index (χ2v) is 7.03. The fraction of sp³-hybridized carbons (Fsp3) is 0.625. The first-order chi connectivity index (χ1) is 12.0. The summed E-state index contributed by atoms with van der Waals surface area (Å²) < 4.78 is 57.5. The minimum atomic E-state index is -4.04. The fourth-order valence-electron chi connectivity index (χ4n) is 2.82. The van der Waals surface area contributed by atoms with Gasteiger partial charge in [0.2, 0.25) is 6.29 Å². The van der Waals surface area contributed by atoms with Gasteiger partial charge in [0, 0.05) is 28.4 Å². The van der Waals surface area contributed by atoms with Gasteiger partial charge in [-0.05, 0) is 12.1 Å². The van der Waals surface area contributed by atoms with Gasteiger partial charge in [0.25, 0.3) is 10.1 Å². The molecule has 1 aromatic rings. The van der Waals surface area contributed by atoms with Crippen LogP contribution in [0.3, 0.4) is 0 Å². The molecule has 1 fully saturated rings. The first-order valence-electron chi connectivity index (χ1n) is 7.69. The highest BCUT2D eigenvalue weighted by atomic mass is 32.2. The Morgan fingerprint density at radius 2 is 1.52 bits per heavy atom. The van der Waals surface area contributed by atoms with Gasteiger partial charge in [-0.3, -0.25) is 0 Å². The van der Waals surface area contributed by atoms with Crippen LogP contribution in [0.2, 0.25) is 0 Å². The molecule has 0 saturated carbocycles. The minimum Gasteiger partial charge on any atom is -0.382 e. The molecule has 5 atom stereocenters. The molecule has 0 radical (unpaired) electrons. The zero-order valence-electron chi connectivity index (χ0n) is 14.7. The summed E-state index contributed by atoms with van der Waals surface area (Å²) in [7, 11) is 1.89. The number of methoxy groups -OCH3 is 4. The molecule has 1 saturated heterocycles. The summed E-state index contributed by atoms with van der Waals surface area (Å²) in [4.78, 5) is 0.0274. The van der Waals surface area contributed by atoms with Gasteiger partial charge < -0.3 is 23.7 Å². The predicted octanol–water partition coefficient (Wildman–Crippen LogP) is 0.808. The molecule has 2 rings (SSSR count). The van der Waals surface area contributed by atoms with Crippen LogP contribution < -0.4 is 0 Å². The zero-order valence-corrected chi connectivity index (χ0v) is 15.5. The first kappa shape index (κ1) is 20.2. The van der Waals surface area contributed by atoms with Gasteiger partial charge >= 0.3 is 0 Å². The summed E-state index contributed by atoms with van der Waals surface area (Å²) in [5, 5.41) is 0. The van der Waals surface area contributed by atoms with Gasteiger partial charge in [0.05, 0.1) is 11.5 Å². The largest absolute Gasteiger partial charge is 0.382 e. The third-order valence-corrected chi connectivity index (χ3v) is 5.28. The molecule has 0 aromatic heterocycles. The normalized spacial score (nSPS) is 30.3. The molecule has 0 amide bonds. The van der Waals surface area contributed by atoms with Gasteiger partial charge in [0.15, 0.2) is 0 Å². The quantitative estimate of drug-likeness (QED) is 0.616. The van der Waals surface area contributed by atoms with Crippen LogP contribution in [-0.2, 0) is 38.0 Å². The van der Waals surface area contributed by atoms with E-state index < -0.39 is 40.8 Å². The molecule has 1 heterocycles. The Morgan fingerprint density at radius 3 is 2.04 bits per heavy atom. The standard InChI is InChI=1S/C16H24O8S/c1-19-10-12-13(20-2)14(21-3)15(22-4)16(23-12)24-25(17,18)11-8-6-5-7-9-11/h5-9,12-16H,10H2,1-4H3/t12-,13-,14+,15+,16-/m1/s1. The van der Waals surface area contributed by atoms with Crippen molar-refractivity contribution >= 4 is 10.1 Å². The molecule has 142 valence electrons. The van der Waals surface area contributed by atoms with E-state index in [1.807, 2.05) is 0 Å². The highest BCUT2D eigenvalue weighted by Crippen LogP contribution is 2.30. The monoisotopic (exact) mass is 376 g/mol. The summed E-state index contributed by atoms with van der Waals surface area (Å²) in [6, 6.07) is 7.82. The number of ether oxygens (including phenoxy) is 5. The summed E-state index contributed by atoms with van der Waals surface area (Å²) in [5.41, 5.74) is 0. The lowest BCUT2D eigenvalue weighted by molar-refractivity contribution is -0.291. The lowest BCUT2D eigenvalue weighted by Gasteiger charge is -2.43. The Labute approximate surface area is 148 Å². The van der Waals surface area contributed by atoms with Crippen LogP contribution in [0, 0.1) is 0 Å². The van der Waals surface area contributed by atoms with Gasteiger partial charge in [0.1, 0.15) is 24.4 Å². The second kappa shape index (κ2) is 9.04. The van der Waals surface area contributed by atoms with E-state index in [1.165, 1.54) is 40.6 Å². The van der Waals surface area contributed by atoms with Crippen LogP contribution in [0.1, 0.15) is 0 Å². The van der Waals surface area contributed by atoms with Crippen LogP contribution in [0.15, 0.2) is 35.2 Å². The molecule has 1 aliphatic rings. The minimum absolute atomic E-state index is 0.0274. The highest BCUT2D eigenvalue weighted by molar-refractivity contribution is 7.86. The molecule has 9 heteroatoms. The van der Waals surface area contributed by atoms with Gasteiger partial charge in [-0.1, -0.05) is 18.2 Å². The van der Waals surface area contributed by atoms with Crippen molar-refractivity contribution in [3.8, 4) is 0 Å². The lowest BCUT2D eigenvalue weighted by Crippen LogP contribution is -2.61. The summed E-state index contributed by atoms with van der Waals surface area (Å²) in [6.07, 6.45) is -3.69. The van der Waals surface area contributed by atoms with Crippen LogP contribution >= 0.6 is 0 Å². The molecule has 1 aromatic carbocycles. The smallest absolute Gasteiger partial charge is 0.299 e. The summed E-state index contributed by atoms with van der Waals surface area (Å²) in [6.45, 7) is 0.181. The van der Waals surface area contributed by atoms with Crippen LogP contribution in [-0.4, -0.2) is 74.2 Å². The molecule has 8 nitrogen and oxygen atoms in total. The van der Waals surface area contributed by atoms with E-state index in [-0.39, 0.29) is 11.5 Å². The summed E-state index contributed by atoms with van der Waals surface area (Å²) in [5.74, 6) is 0. The average Bonchev–Trinajstić information content (AvgIpc) is 2.61. The Bertz CT molecular complexity index is 620. The van der Waals surface area contributed by atoms with Crippen LogP contribution in [0.25, 0.3) is 0 Å². The molecular weight excluding hydrogens is 352 g/mol. The van der Waals surface area contributed by atoms with E-state index >= 15 is 0 Å². The van der Waals surface area contributed by atoms with Crippen molar-refractivity contribution in [1.82, 2.24) is 0 Å². The first-order valence-corrected chi connectivity index (χ1v) is 9.10. The molecule has 1 aliphatic heterocycles. The number of benzene rings is 1. The molecule has 0 aliphatic carbocycles. The molecule has 0 unspecified atom stereocenters. The second-order valence-electron chi connectivity index (χ2n) is 5.46. The number of rotatable bonds is 8. The van der Waals surface area contributed by atoms with Crippen molar-refractivity contribution in [2.75, 3.05) is 35.0 Å². The van der Waals surface area contributed by atoms with Crippen molar-refractivity contribution in [3.63, 3.8) is 0 Å². The van der Waals surface area contributed by atoms with Crippen LogP contribution in [0.4, 0.5) is 0 Å². The molecule has 0 bridgehead atoms. The Morgan fingerprint density at radius 1 is 0.920 bits per heavy atom. The third kappa shape index (κ3) is 4.56. The fourth-order valence-corrected chi connectivity index (χ4v) is 3.83.